The number of hydrogen-bond donors (Lipinski definition) is 1. The Labute approximate surface area is 121 Å². The van der Waals surface area contributed by atoms with E-state index in [-0.39, 0.29) is 6.03 Å². The van der Waals surface area contributed by atoms with Crippen molar-refractivity contribution in [2.75, 3.05) is 6.54 Å². The number of hydrogen-bond acceptors (Lipinski definition) is 1. The van der Waals surface area contributed by atoms with E-state index in [4.69, 9.17) is 0 Å². The molecule has 0 aromatic heterocycles. The third-order valence-corrected chi connectivity index (χ3v) is 4.79. The minimum Gasteiger partial charge on any atom is -0.334 e. The van der Waals surface area contributed by atoms with Gasteiger partial charge in [0.15, 0.2) is 0 Å². The highest BCUT2D eigenvalue weighted by Crippen LogP contribution is 2.35. The second-order valence-electron chi connectivity index (χ2n) is 6.09. The predicted molar refractivity (Wildman–Crippen MR) is 80.4 cm³/mol. The van der Waals surface area contributed by atoms with Crippen LogP contribution in [-0.4, -0.2) is 23.5 Å². The van der Waals surface area contributed by atoms with Crippen molar-refractivity contribution in [1.29, 1.82) is 0 Å². The van der Waals surface area contributed by atoms with E-state index in [0.717, 1.165) is 18.0 Å². The van der Waals surface area contributed by atoms with Crippen molar-refractivity contribution >= 4 is 6.03 Å². The fraction of sp³-hybridized carbons (Fsp3) is 0.588. The van der Waals surface area contributed by atoms with Gasteiger partial charge in [-0.15, -0.1) is 0 Å². The van der Waals surface area contributed by atoms with Gasteiger partial charge in [0.1, 0.15) is 0 Å². The van der Waals surface area contributed by atoms with Crippen molar-refractivity contribution < 1.29 is 4.79 Å². The molecule has 1 N–H and O–H groups in total. The molecule has 1 aromatic carbocycles. The number of carbonyl (C=O) groups excluding carboxylic acids is 1. The van der Waals surface area contributed by atoms with E-state index in [1.54, 1.807) is 0 Å². The Hall–Kier alpha value is -1.51. The van der Waals surface area contributed by atoms with Gasteiger partial charge in [0.25, 0.3) is 0 Å². The molecule has 3 heteroatoms. The Morgan fingerprint density at radius 3 is 2.70 bits per heavy atom. The van der Waals surface area contributed by atoms with Crippen LogP contribution >= 0.6 is 0 Å². The van der Waals surface area contributed by atoms with Crippen LogP contribution in [0.15, 0.2) is 30.3 Å². The van der Waals surface area contributed by atoms with Crippen LogP contribution in [0.5, 0.6) is 0 Å². The second kappa shape index (κ2) is 6.29. The number of carbonyl (C=O) groups is 1. The number of fused-ring (bicyclic) bond motifs is 1. The zero-order chi connectivity index (χ0) is 13.8. The SMILES string of the molecule is O=C(NCc1ccccc1)N1CCC[C@@H]2CCCC[C@@H]21. The summed E-state index contributed by atoms with van der Waals surface area (Å²) in [5.41, 5.74) is 1.16. The molecule has 1 saturated heterocycles. The van der Waals surface area contributed by atoms with Crippen LogP contribution in [0.1, 0.15) is 44.1 Å². The zero-order valence-electron chi connectivity index (χ0n) is 12.1. The van der Waals surface area contributed by atoms with Crippen LogP contribution in [0.25, 0.3) is 0 Å². The number of likely N-dealkylation sites (tertiary alicyclic amines) is 1. The number of piperidine rings is 1. The Morgan fingerprint density at radius 2 is 1.85 bits per heavy atom. The van der Waals surface area contributed by atoms with Crippen molar-refractivity contribution in [2.24, 2.45) is 5.92 Å². The summed E-state index contributed by atoms with van der Waals surface area (Å²) >= 11 is 0. The summed E-state index contributed by atoms with van der Waals surface area (Å²) in [7, 11) is 0. The predicted octanol–water partition coefficient (Wildman–Crippen LogP) is 3.55. The highest BCUT2D eigenvalue weighted by Gasteiger charge is 2.35. The molecule has 0 bridgehead atoms. The van der Waals surface area contributed by atoms with Crippen LogP contribution in [0.4, 0.5) is 4.79 Å². The Bertz CT molecular complexity index is 444. The van der Waals surface area contributed by atoms with E-state index in [1.165, 1.54) is 38.5 Å². The van der Waals surface area contributed by atoms with Gasteiger partial charge in [-0.3, -0.25) is 0 Å². The lowest BCUT2D eigenvalue weighted by molar-refractivity contribution is 0.0840. The average Bonchev–Trinajstić information content (AvgIpc) is 2.53. The molecule has 2 atom stereocenters. The third-order valence-electron chi connectivity index (χ3n) is 4.79. The Kier molecular flexibility index (Phi) is 4.24. The van der Waals surface area contributed by atoms with Crippen molar-refractivity contribution in [3.63, 3.8) is 0 Å². The normalized spacial score (nSPS) is 25.9. The molecule has 0 radical (unpaired) electrons. The van der Waals surface area contributed by atoms with Crippen LogP contribution < -0.4 is 5.32 Å². The molecule has 0 spiro atoms. The molecule has 1 aliphatic heterocycles. The minimum absolute atomic E-state index is 0.130. The molecule has 1 aliphatic carbocycles. The zero-order valence-corrected chi connectivity index (χ0v) is 12.1. The minimum atomic E-state index is 0.130. The summed E-state index contributed by atoms with van der Waals surface area (Å²) in [5, 5.41) is 3.09. The summed E-state index contributed by atoms with van der Waals surface area (Å²) in [5.74, 6) is 0.750. The molecule has 2 amide bonds. The lowest BCUT2D eigenvalue weighted by Gasteiger charge is -2.44. The lowest BCUT2D eigenvalue weighted by Crippen LogP contribution is -2.52. The molecule has 108 valence electrons. The van der Waals surface area contributed by atoms with Gasteiger partial charge < -0.3 is 10.2 Å². The number of nitrogens with one attached hydrogen (secondary N) is 1. The summed E-state index contributed by atoms with van der Waals surface area (Å²) in [4.78, 5) is 14.5. The highest BCUT2D eigenvalue weighted by molar-refractivity contribution is 5.74. The fourth-order valence-electron chi connectivity index (χ4n) is 3.75. The molecule has 20 heavy (non-hydrogen) atoms. The number of amides is 2. The first kappa shape index (κ1) is 13.5. The third kappa shape index (κ3) is 2.97. The number of urea groups is 1. The van der Waals surface area contributed by atoms with Crippen LogP contribution in [-0.2, 0) is 6.54 Å². The molecule has 2 fully saturated rings. The number of nitrogens with zero attached hydrogens (tertiary/aromatic N) is 1. The maximum Gasteiger partial charge on any atom is 0.317 e. The number of rotatable bonds is 2. The molecule has 2 aliphatic rings. The number of benzene rings is 1. The first-order valence-electron chi connectivity index (χ1n) is 7.93. The van der Waals surface area contributed by atoms with Crippen LogP contribution in [0, 0.1) is 5.92 Å². The van der Waals surface area contributed by atoms with Gasteiger partial charge in [-0.25, -0.2) is 4.79 Å². The summed E-state index contributed by atoms with van der Waals surface area (Å²) in [6.07, 6.45) is 7.62. The first-order valence-corrected chi connectivity index (χ1v) is 7.93. The van der Waals surface area contributed by atoms with E-state index < -0.39 is 0 Å². The van der Waals surface area contributed by atoms with E-state index in [0.29, 0.717) is 12.6 Å². The molecule has 3 nitrogen and oxygen atoms in total. The maximum atomic E-state index is 12.4. The molecule has 0 unspecified atom stereocenters. The van der Waals surface area contributed by atoms with Gasteiger partial charge in [-0.2, -0.15) is 0 Å². The van der Waals surface area contributed by atoms with Crippen molar-refractivity contribution in [2.45, 2.75) is 51.1 Å². The van der Waals surface area contributed by atoms with Gasteiger partial charge in [-0.1, -0.05) is 43.2 Å². The van der Waals surface area contributed by atoms with E-state index in [2.05, 4.69) is 22.3 Å². The van der Waals surface area contributed by atoms with Crippen molar-refractivity contribution in [3.05, 3.63) is 35.9 Å². The highest BCUT2D eigenvalue weighted by atomic mass is 16.2. The quantitative estimate of drug-likeness (QED) is 0.877. The van der Waals surface area contributed by atoms with Gasteiger partial charge in [0.2, 0.25) is 0 Å². The van der Waals surface area contributed by atoms with Crippen LogP contribution in [0.2, 0.25) is 0 Å². The molecular formula is C17H24N2O. The first-order chi connectivity index (χ1) is 9.84. The Balaban J connectivity index is 1.58. The van der Waals surface area contributed by atoms with E-state index in [1.807, 2.05) is 18.2 Å². The van der Waals surface area contributed by atoms with Crippen molar-refractivity contribution in [1.82, 2.24) is 10.2 Å². The van der Waals surface area contributed by atoms with Gasteiger partial charge in [-0.05, 0) is 37.2 Å². The lowest BCUT2D eigenvalue weighted by atomic mass is 9.78. The molecule has 1 heterocycles. The summed E-state index contributed by atoms with van der Waals surface area (Å²) in [6, 6.07) is 10.8. The van der Waals surface area contributed by atoms with Gasteiger partial charge >= 0.3 is 6.03 Å². The topological polar surface area (TPSA) is 32.3 Å². The van der Waals surface area contributed by atoms with Crippen LogP contribution in [0.3, 0.4) is 0 Å². The second-order valence-corrected chi connectivity index (χ2v) is 6.09. The van der Waals surface area contributed by atoms with Gasteiger partial charge in [0, 0.05) is 19.1 Å². The smallest absolute Gasteiger partial charge is 0.317 e. The molecule has 3 rings (SSSR count). The monoisotopic (exact) mass is 272 g/mol. The van der Waals surface area contributed by atoms with E-state index in [9.17, 15) is 4.79 Å². The standard InChI is InChI=1S/C17H24N2O/c20-17(18-13-14-7-2-1-3-8-14)19-12-6-10-15-9-4-5-11-16(15)19/h1-3,7-8,15-16H,4-6,9-13H2,(H,18,20)/t15-,16-/m0/s1. The molecular weight excluding hydrogens is 248 g/mol. The summed E-state index contributed by atoms with van der Waals surface area (Å²) < 4.78 is 0. The molecule has 1 aromatic rings. The average molecular weight is 272 g/mol. The molecule has 1 saturated carbocycles. The van der Waals surface area contributed by atoms with E-state index >= 15 is 0 Å². The maximum absolute atomic E-state index is 12.4. The largest absolute Gasteiger partial charge is 0.334 e. The van der Waals surface area contributed by atoms with Gasteiger partial charge in [0.05, 0.1) is 0 Å². The Morgan fingerprint density at radius 1 is 1.10 bits per heavy atom. The van der Waals surface area contributed by atoms with Crippen molar-refractivity contribution in [3.8, 4) is 0 Å². The summed E-state index contributed by atoms with van der Waals surface area (Å²) in [6.45, 7) is 1.56. The fourth-order valence-corrected chi connectivity index (χ4v) is 3.75.